The number of nitrogens with two attached hydrogens (primary N) is 3. The molecule has 43 heavy (non-hydrogen) atoms. The summed E-state index contributed by atoms with van der Waals surface area (Å²) < 4.78 is 70.6. The van der Waals surface area contributed by atoms with E-state index >= 15 is 0 Å². The Kier molecular flexibility index (Phi) is 20.0. The number of hydrogen-bond donors (Lipinski definition) is 7. The fraction of sp³-hybridized carbons (Fsp3) is 0.500. The molecular formula is C22H30Br2F6N6O7. The Balaban J connectivity index is 0. The summed E-state index contributed by atoms with van der Waals surface area (Å²) in [6.45, 7) is 3.36. The van der Waals surface area contributed by atoms with Crippen molar-refractivity contribution in [1.29, 1.82) is 0 Å². The first-order valence-electron chi connectivity index (χ1n) is 11.7. The summed E-state index contributed by atoms with van der Waals surface area (Å²) in [5, 5.41) is 29.4. The number of ether oxygens (including phenoxy) is 1. The number of hydrogen-bond acceptors (Lipinski definition) is 8. The van der Waals surface area contributed by atoms with Gasteiger partial charge in [-0.3, -0.25) is 9.79 Å². The minimum Gasteiger partial charge on any atom is -0.491 e. The van der Waals surface area contributed by atoms with Crippen LogP contribution in [0.3, 0.4) is 0 Å². The number of halogens is 8. The van der Waals surface area contributed by atoms with E-state index in [4.69, 9.17) is 41.7 Å². The Labute approximate surface area is 257 Å². The van der Waals surface area contributed by atoms with Crippen molar-refractivity contribution >= 4 is 61.4 Å². The topological polar surface area (TPSA) is 236 Å². The molecule has 1 aromatic rings. The Morgan fingerprint density at radius 3 is 1.84 bits per heavy atom. The van der Waals surface area contributed by atoms with Gasteiger partial charge in [-0.1, -0.05) is 5.16 Å². The molecule has 1 rings (SSSR count). The molecule has 0 fully saturated rings. The highest BCUT2D eigenvalue weighted by Gasteiger charge is 2.38. The number of carbonyl (C=O) groups is 3. The van der Waals surface area contributed by atoms with E-state index in [0.29, 0.717) is 31.9 Å². The minimum absolute atomic E-state index is 0.0119. The molecule has 0 saturated carbocycles. The van der Waals surface area contributed by atoms with Gasteiger partial charge in [0.25, 0.3) is 5.91 Å². The highest BCUT2D eigenvalue weighted by molar-refractivity contribution is 9.11. The predicted molar refractivity (Wildman–Crippen MR) is 149 cm³/mol. The van der Waals surface area contributed by atoms with E-state index < -0.39 is 30.2 Å². The Morgan fingerprint density at radius 1 is 1.00 bits per heavy atom. The van der Waals surface area contributed by atoms with E-state index in [0.717, 1.165) is 27.4 Å². The van der Waals surface area contributed by atoms with Crippen LogP contribution in [0.15, 0.2) is 31.2 Å². The number of nitrogens with one attached hydrogen (secondary N) is 1. The number of rotatable bonds is 12. The molecule has 0 radical (unpaired) electrons. The zero-order valence-electron chi connectivity index (χ0n) is 22.3. The molecule has 0 aromatic heterocycles. The van der Waals surface area contributed by atoms with Crippen molar-refractivity contribution in [3.05, 3.63) is 26.6 Å². The highest BCUT2D eigenvalue weighted by Crippen LogP contribution is 2.35. The summed E-state index contributed by atoms with van der Waals surface area (Å²) in [6.07, 6.45) is -7.86. The Bertz CT molecular complexity index is 1070. The van der Waals surface area contributed by atoms with Crippen molar-refractivity contribution in [1.82, 2.24) is 5.32 Å². The summed E-state index contributed by atoms with van der Waals surface area (Å²) >= 11 is 6.93. The zero-order valence-corrected chi connectivity index (χ0v) is 25.5. The molecule has 10 N–H and O–H groups in total. The smallest absolute Gasteiger partial charge is 0.490 e. The summed E-state index contributed by atoms with van der Waals surface area (Å²) in [6, 6.07) is 3.61. The van der Waals surface area contributed by atoms with E-state index in [1.54, 1.807) is 0 Å². The van der Waals surface area contributed by atoms with Gasteiger partial charge in [0.15, 0.2) is 5.96 Å². The van der Waals surface area contributed by atoms with Gasteiger partial charge in [0.1, 0.15) is 11.5 Å². The van der Waals surface area contributed by atoms with E-state index in [9.17, 15) is 36.3 Å². The normalized spacial score (nSPS) is 12.0. The van der Waals surface area contributed by atoms with Crippen molar-refractivity contribution in [2.75, 3.05) is 19.7 Å². The third-order valence-electron chi connectivity index (χ3n) is 4.35. The number of carboxylic acid groups (broad SMARTS) is 2. The number of benzene rings is 1. The van der Waals surface area contributed by atoms with E-state index in [-0.39, 0.29) is 24.1 Å². The van der Waals surface area contributed by atoms with Gasteiger partial charge in [-0.25, -0.2) is 9.59 Å². The van der Waals surface area contributed by atoms with Gasteiger partial charge in [-0.05, 0) is 82.3 Å². The summed E-state index contributed by atoms with van der Waals surface area (Å²) in [5.41, 5.74) is 16.9. The Hall–Kier alpha value is -3.33. The van der Waals surface area contributed by atoms with E-state index in [1.807, 2.05) is 19.1 Å². The van der Waals surface area contributed by atoms with Crippen LogP contribution in [0.25, 0.3) is 0 Å². The second-order valence-electron chi connectivity index (χ2n) is 8.01. The lowest BCUT2D eigenvalue weighted by molar-refractivity contribution is -0.193. The first kappa shape index (κ1) is 41.8. The van der Waals surface area contributed by atoms with Crippen molar-refractivity contribution in [2.45, 2.75) is 51.0 Å². The predicted octanol–water partition coefficient (Wildman–Crippen LogP) is 3.14. The maximum Gasteiger partial charge on any atom is 0.490 e. The SMILES string of the molecule is CC(CCCNC(=O)/C(Cc1cc(Br)c(OCCCN)c(Br)c1)=N/O)N=C(N)N.O=C(O)C(F)(F)F.O=C(O)C(F)(F)F. The maximum absolute atomic E-state index is 12.3. The van der Waals surface area contributed by atoms with Crippen LogP contribution in [0.1, 0.15) is 31.7 Å². The lowest BCUT2D eigenvalue weighted by Gasteiger charge is -2.13. The van der Waals surface area contributed by atoms with Crippen molar-refractivity contribution in [3.8, 4) is 5.75 Å². The molecule has 1 amide bonds. The number of guanidine groups is 1. The first-order valence-corrected chi connectivity index (χ1v) is 13.2. The molecule has 0 heterocycles. The Morgan fingerprint density at radius 2 is 1.47 bits per heavy atom. The second-order valence-corrected chi connectivity index (χ2v) is 9.72. The monoisotopic (exact) mass is 762 g/mol. The van der Waals surface area contributed by atoms with Crippen LogP contribution in [0.4, 0.5) is 26.3 Å². The second kappa shape index (κ2) is 20.6. The number of carbonyl (C=O) groups excluding carboxylic acids is 1. The maximum atomic E-state index is 12.3. The number of carboxylic acids is 2. The van der Waals surface area contributed by atoms with Crippen LogP contribution in [0, 0.1) is 0 Å². The van der Waals surface area contributed by atoms with Crippen LogP contribution < -0.4 is 27.3 Å². The van der Waals surface area contributed by atoms with E-state index in [1.165, 1.54) is 0 Å². The summed E-state index contributed by atoms with van der Waals surface area (Å²) in [4.78, 5) is 34.1. The van der Waals surface area contributed by atoms with Crippen LogP contribution in [-0.4, -0.2) is 83.0 Å². The van der Waals surface area contributed by atoms with Gasteiger partial charge in [-0.15, -0.1) is 0 Å². The largest absolute Gasteiger partial charge is 0.491 e. The summed E-state index contributed by atoms with van der Waals surface area (Å²) in [5.74, 6) is -5.24. The first-order chi connectivity index (χ1) is 19.7. The van der Waals surface area contributed by atoms with E-state index in [2.05, 4.69) is 47.3 Å². The standard InChI is InChI=1S/C18H28Br2N6O3.2C2HF3O2/c1-11(25-18(22)23)4-2-6-24-17(27)15(26-28)10-12-8-13(19)16(14(20)9-12)29-7-3-5-21;2*3-2(4,5)1(6)7/h8-9,11,28H,2-7,10,21H2,1H3,(H,24,27)(H4,22,23,25);2*(H,6,7)/b26-15+;;. The third-order valence-corrected chi connectivity index (χ3v) is 5.52. The van der Waals surface area contributed by atoms with Gasteiger partial charge >= 0.3 is 24.3 Å². The quantitative estimate of drug-likeness (QED) is 0.0410. The van der Waals surface area contributed by atoms with Gasteiger partial charge < -0.3 is 42.7 Å². The average molecular weight is 764 g/mol. The molecular weight excluding hydrogens is 734 g/mol. The molecule has 1 aromatic carbocycles. The third kappa shape index (κ3) is 20.3. The van der Waals surface area contributed by atoms with Crippen molar-refractivity contribution < 1.29 is 60.9 Å². The number of oxime groups is 1. The van der Waals surface area contributed by atoms with Crippen LogP contribution in [-0.2, 0) is 20.8 Å². The number of alkyl halides is 6. The van der Waals surface area contributed by atoms with Gasteiger partial charge in [0.05, 0.1) is 21.6 Å². The molecule has 0 aliphatic rings. The van der Waals surface area contributed by atoms with Gasteiger partial charge in [0, 0.05) is 13.0 Å². The van der Waals surface area contributed by atoms with Crippen molar-refractivity contribution in [2.24, 2.45) is 27.3 Å². The lowest BCUT2D eigenvalue weighted by atomic mass is 10.1. The molecule has 0 spiro atoms. The number of aliphatic carboxylic acids is 2. The molecule has 0 aliphatic heterocycles. The minimum atomic E-state index is -5.08. The number of nitrogens with zero attached hydrogens (tertiary/aromatic N) is 2. The molecule has 246 valence electrons. The van der Waals surface area contributed by atoms with Gasteiger partial charge in [0.2, 0.25) is 0 Å². The molecule has 0 saturated heterocycles. The molecule has 0 aliphatic carbocycles. The van der Waals surface area contributed by atoms with Crippen molar-refractivity contribution in [3.63, 3.8) is 0 Å². The molecule has 1 unspecified atom stereocenters. The van der Waals surface area contributed by atoms with Crippen LogP contribution >= 0.6 is 31.9 Å². The number of aliphatic imine (C=N–C) groups is 1. The molecule has 13 nitrogen and oxygen atoms in total. The molecule has 21 heteroatoms. The average Bonchev–Trinajstić information content (AvgIpc) is 2.86. The molecule has 0 bridgehead atoms. The van der Waals surface area contributed by atoms with Crippen LogP contribution in [0.5, 0.6) is 5.75 Å². The highest BCUT2D eigenvalue weighted by atomic mass is 79.9. The lowest BCUT2D eigenvalue weighted by Crippen LogP contribution is -2.33. The summed E-state index contributed by atoms with van der Waals surface area (Å²) in [7, 11) is 0. The molecule has 1 atom stereocenters. The van der Waals surface area contributed by atoms with Crippen LogP contribution in [0.2, 0.25) is 0 Å². The number of amides is 1. The fourth-order valence-electron chi connectivity index (χ4n) is 2.48. The fourth-order valence-corrected chi connectivity index (χ4v) is 3.99. The zero-order chi connectivity index (χ0) is 34.0. The van der Waals surface area contributed by atoms with Gasteiger partial charge in [-0.2, -0.15) is 26.3 Å².